The number of aromatic nitrogens is 2. The molecule has 14 nitrogen and oxygen atoms in total. The Morgan fingerprint density at radius 2 is 1.71 bits per heavy atom. The minimum absolute atomic E-state index is 0.00820. The van der Waals surface area contributed by atoms with E-state index >= 15 is 0 Å². The number of nitrogens with two attached hydrogens (primary N) is 2. The number of carbonyl (C=O) groups is 3. The van der Waals surface area contributed by atoms with E-state index in [2.05, 4.69) is 46.6 Å². The summed E-state index contributed by atoms with van der Waals surface area (Å²) in [4.78, 5) is 44.8. The van der Waals surface area contributed by atoms with Gasteiger partial charge in [0.1, 0.15) is 24.8 Å². The van der Waals surface area contributed by atoms with Gasteiger partial charge in [-0.1, -0.05) is 84.0 Å². The van der Waals surface area contributed by atoms with Crippen LogP contribution in [0.25, 0.3) is 17.5 Å². The summed E-state index contributed by atoms with van der Waals surface area (Å²) in [6.45, 7) is 12.8. The lowest BCUT2D eigenvalue weighted by atomic mass is 10.0. The lowest BCUT2D eigenvalue weighted by Crippen LogP contribution is -2.62. The maximum Gasteiger partial charge on any atom is 0.242 e. The molecule has 58 heavy (non-hydrogen) atoms. The number of nitrogens with zero attached hydrogens (tertiary/aromatic N) is 5. The molecule has 306 valence electrons. The number of hydrogen-bond acceptors (Lipinski definition) is 13. The quantitative estimate of drug-likeness (QED) is 0.0654. The molecule has 1 saturated heterocycles. The number of phenolic OH excluding ortho intramolecular Hbond substituents is 1. The summed E-state index contributed by atoms with van der Waals surface area (Å²) in [6.07, 6.45) is 12.4. The number of terminal acetylenes is 1. The van der Waals surface area contributed by atoms with E-state index in [4.69, 9.17) is 30.4 Å². The van der Waals surface area contributed by atoms with Crippen LogP contribution in [0, 0.1) is 19.8 Å². The predicted octanol–water partition coefficient (Wildman–Crippen LogP) is 5.69. The molecule has 0 saturated carbocycles. The Kier molecular flexibility index (Phi) is 24.7. The van der Waals surface area contributed by atoms with Crippen LogP contribution in [0.2, 0.25) is 0 Å². The number of carbonyl (C=O) groups excluding carboxylic acids is 3. The molecule has 3 aromatic carbocycles. The van der Waals surface area contributed by atoms with Gasteiger partial charge in [-0.3, -0.25) is 19.6 Å². The van der Waals surface area contributed by atoms with Gasteiger partial charge in [0.25, 0.3) is 0 Å². The highest BCUT2D eigenvalue weighted by atomic mass is 32.2. The van der Waals surface area contributed by atoms with Gasteiger partial charge in [0.15, 0.2) is 5.76 Å². The molecule has 6 rings (SSSR count). The average molecular weight is 809 g/mol. The second-order valence-corrected chi connectivity index (χ2v) is 12.1. The molecule has 15 heteroatoms. The van der Waals surface area contributed by atoms with Crippen molar-refractivity contribution in [1.29, 1.82) is 0 Å². The zero-order chi connectivity index (χ0) is 43.3. The predicted molar refractivity (Wildman–Crippen MR) is 233 cm³/mol. The monoisotopic (exact) mass is 808 g/mol. The van der Waals surface area contributed by atoms with E-state index in [9.17, 15) is 9.59 Å². The number of phenols is 1. The van der Waals surface area contributed by atoms with Crippen molar-refractivity contribution in [3.63, 3.8) is 0 Å². The van der Waals surface area contributed by atoms with Crippen molar-refractivity contribution < 1.29 is 28.6 Å². The van der Waals surface area contributed by atoms with E-state index < -0.39 is 6.17 Å². The lowest BCUT2D eigenvalue weighted by Gasteiger charge is -2.39. The van der Waals surface area contributed by atoms with Crippen LogP contribution in [0.4, 0.5) is 5.69 Å². The average Bonchev–Trinajstić information content (AvgIpc) is 3.74. The summed E-state index contributed by atoms with van der Waals surface area (Å²) in [5, 5.41) is 15.8. The third kappa shape index (κ3) is 17.2. The highest BCUT2D eigenvalue weighted by molar-refractivity contribution is 7.93. The van der Waals surface area contributed by atoms with Crippen molar-refractivity contribution >= 4 is 49.1 Å². The van der Waals surface area contributed by atoms with E-state index in [1.165, 1.54) is 16.0 Å². The number of piperazine rings is 1. The van der Waals surface area contributed by atoms with Crippen LogP contribution in [0.15, 0.2) is 119 Å². The Hall–Kier alpha value is -6.41. The molecular weight excluding hydrogens is 757 g/mol. The molecule has 2 amide bonds. The summed E-state index contributed by atoms with van der Waals surface area (Å²) in [5.41, 5.74) is 17.7. The number of nitrogens with one attached hydrogen (secondary N) is 1. The number of aryl methyl sites for hydroxylation is 1. The largest absolute Gasteiger partial charge is 0.508 e. The van der Waals surface area contributed by atoms with Crippen molar-refractivity contribution in [2.75, 3.05) is 25.9 Å². The van der Waals surface area contributed by atoms with Gasteiger partial charge in [-0.05, 0) is 67.1 Å². The van der Waals surface area contributed by atoms with E-state index in [0.29, 0.717) is 48.2 Å². The van der Waals surface area contributed by atoms with Crippen LogP contribution in [0.1, 0.15) is 28.0 Å². The van der Waals surface area contributed by atoms with Crippen LogP contribution in [0.3, 0.4) is 0 Å². The Morgan fingerprint density at radius 3 is 2.26 bits per heavy atom. The highest BCUT2D eigenvalue weighted by Crippen LogP contribution is 2.25. The van der Waals surface area contributed by atoms with E-state index in [1.807, 2.05) is 92.6 Å². The van der Waals surface area contributed by atoms with Crippen molar-refractivity contribution in [3.05, 3.63) is 138 Å². The van der Waals surface area contributed by atoms with Crippen LogP contribution in [-0.2, 0) is 34.0 Å². The van der Waals surface area contributed by atoms with Gasteiger partial charge in [-0.25, -0.2) is 0 Å². The van der Waals surface area contributed by atoms with Crippen molar-refractivity contribution in [2.24, 2.45) is 16.5 Å². The Morgan fingerprint density at radius 1 is 1.05 bits per heavy atom. The van der Waals surface area contributed by atoms with Crippen molar-refractivity contribution in [3.8, 4) is 30.0 Å². The molecular formula is C43H52N8O6S. The highest BCUT2D eigenvalue weighted by Gasteiger charge is 2.33. The van der Waals surface area contributed by atoms with E-state index in [0.717, 1.165) is 23.2 Å². The molecule has 1 atom stereocenters. The Labute approximate surface area is 344 Å². The van der Waals surface area contributed by atoms with Gasteiger partial charge >= 0.3 is 0 Å². The molecule has 1 aliphatic rings. The molecule has 1 aliphatic heterocycles. The second-order valence-electron chi connectivity index (χ2n) is 11.8. The Balaban J connectivity index is 0.000000593. The number of rotatable bonds is 10. The van der Waals surface area contributed by atoms with Crippen molar-refractivity contribution in [2.45, 2.75) is 32.7 Å². The molecule has 7 N–H and O–H groups in total. The van der Waals surface area contributed by atoms with Gasteiger partial charge < -0.3 is 45.6 Å². The number of benzene rings is 3. The first kappa shape index (κ1) is 49.6. The first-order valence-corrected chi connectivity index (χ1v) is 18.7. The molecule has 3 heterocycles. The van der Waals surface area contributed by atoms with Gasteiger partial charge in [0.05, 0.1) is 37.2 Å². The summed E-state index contributed by atoms with van der Waals surface area (Å²) in [7, 11) is 0. The molecule has 1 fully saturated rings. The maximum absolute atomic E-state index is 12.8. The zero-order valence-electron chi connectivity index (χ0n) is 32.8. The number of amides is 2. The molecule has 2 aromatic heterocycles. The van der Waals surface area contributed by atoms with Gasteiger partial charge in [0.2, 0.25) is 11.8 Å². The fourth-order valence-corrected chi connectivity index (χ4v) is 5.12. The first-order chi connectivity index (χ1) is 28.1. The van der Waals surface area contributed by atoms with E-state index in [1.54, 1.807) is 41.6 Å². The number of aliphatic imine (C=N–C) groups is 1. The molecule has 0 radical (unpaired) electrons. The first-order valence-electron chi connectivity index (χ1n) is 17.5. The summed E-state index contributed by atoms with van der Waals surface area (Å²) >= 11 is 0.750. The minimum Gasteiger partial charge on any atom is -0.508 e. The van der Waals surface area contributed by atoms with Crippen LogP contribution < -0.4 is 16.8 Å². The molecule has 5 aromatic rings. The third-order valence-electron chi connectivity index (χ3n) is 7.87. The summed E-state index contributed by atoms with van der Waals surface area (Å²) in [5.74, 6) is 0.454. The number of hydrogen-bond donors (Lipinski definition) is 5. The zero-order valence-corrected chi connectivity index (χ0v) is 33.6. The molecule has 0 bridgehead atoms. The lowest BCUT2D eigenvalue weighted by molar-refractivity contribution is -0.149. The minimum atomic E-state index is -0.615. The van der Waals surface area contributed by atoms with Crippen molar-refractivity contribution in [1.82, 2.24) is 25.3 Å². The smallest absolute Gasteiger partial charge is 0.242 e. The number of aromatic hydroxyl groups is 1. The Bertz CT molecular complexity index is 1940. The SMILES string of the molecule is C#C.C=Cc1c(CN2CC(N)N(C(=O)CNCc3cc(-c4ccccn4)no3)CC2=O)cccc1N=C.C=O.CSO.Cc1ccc(O)cc1.NCc1ccccc1. The molecule has 1 unspecified atom stereocenters. The van der Waals surface area contributed by atoms with Crippen LogP contribution >= 0.6 is 12.0 Å². The standard InChI is InChI=1S/C25H27N7O3.C7H9N.C7H8O.C2H2.CH4OS.CH2O/c1-3-19-17(7-6-9-20(19)27-2)14-31-15-23(26)32(16-25(31)34)24(33)13-28-12-18-11-22(30-35-18)21-8-4-5-10-29-21;8-6-7-4-2-1-3-5-7;1-6-2-4-7(8)5-3-6;1-2;1-3-2;1-2/h3-11,23,28H,1-2,12-16,26H2;1-5H,6,8H2;2-5,8H,1H3;1-2H;2H,1H3;1H2. The van der Waals surface area contributed by atoms with Crippen LogP contribution in [-0.4, -0.2) is 87.0 Å². The van der Waals surface area contributed by atoms with E-state index in [-0.39, 0.29) is 31.4 Å². The topological polar surface area (TPSA) is 213 Å². The number of pyridine rings is 1. The van der Waals surface area contributed by atoms with Gasteiger partial charge in [-0.15, -0.1) is 12.8 Å². The third-order valence-corrected chi connectivity index (χ3v) is 7.87. The van der Waals surface area contributed by atoms with Gasteiger partial charge in [-0.2, -0.15) is 0 Å². The summed E-state index contributed by atoms with van der Waals surface area (Å²) in [6, 6.07) is 30.0. The van der Waals surface area contributed by atoms with Crippen LogP contribution in [0.5, 0.6) is 5.75 Å². The molecule has 0 spiro atoms. The van der Waals surface area contributed by atoms with Gasteiger partial charge in [0, 0.05) is 37.2 Å². The normalized spacial score (nSPS) is 12.5. The second kappa shape index (κ2) is 28.9. The fourth-order valence-electron chi connectivity index (χ4n) is 5.12. The summed E-state index contributed by atoms with van der Waals surface area (Å²) < 4.78 is 12.8. The fraction of sp³-hybridized carbons (Fsp3) is 0.209. The molecule has 0 aliphatic carbocycles. The maximum atomic E-state index is 12.8.